The lowest BCUT2D eigenvalue weighted by Gasteiger charge is -2.08. The smallest absolute Gasteiger partial charge is 0.270 e. The Balaban J connectivity index is 1.66. The van der Waals surface area contributed by atoms with Crippen LogP contribution in [0.25, 0.3) is 22.0 Å². The number of fused-ring (bicyclic) bond motifs is 1. The van der Waals surface area contributed by atoms with E-state index in [1.54, 1.807) is 0 Å². The van der Waals surface area contributed by atoms with Crippen LogP contribution in [0.5, 0.6) is 0 Å². The molecule has 0 atom stereocenters. The zero-order chi connectivity index (χ0) is 18.8. The molecule has 4 aromatic rings. The van der Waals surface area contributed by atoms with Crippen LogP contribution in [0.3, 0.4) is 0 Å². The van der Waals surface area contributed by atoms with E-state index in [4.69, 9.17) is 0 Å². The molecule has 0 fully saturated rings. The number of non-ortho nitro benzene ring substituents is 1. The summed E-state index contributed by atoms with van der Waals surface area (Å²) in [5.41, 5.74) is 3.20. The Morgan fingerprint density at radius 3 is 2.33 bits per heavy atom. The van der Waals surface area contributed by atoms with E-state index in [1.165, 1.54) is 29.1 Å². The minimum absolute atomic E-state index is 0.119. The number of hydrogen-bond donors (Lipinski definition) is 0. The maximum atomic E-state index is 12.7. The summed E-state index contributed by atoms with van der Waals surface area (Å²) in [6.07, 6.45) is 1.47. The van der Waals surface area contributed by atoms with Crippen LogP contribution in [0.2, 0.25) is 0 Å². The number of hydrogen-bond acceptors (Lipinski definition) is 4. The van der Waals surface area contributed by atoms with Crippen LogP contribution in [0.15, 0.2) is 83.9 Å². The van der Waals surface area contributed by atoms with Gasteiger partial charge in [0.15, 0.2) is 0 Å². The topological polar surface area (TPSA) is 78.0 Å². The van der Waals surface area contributed by atoms with E-state index in [-0.39, 0.29) is 16.6 Å². The van der Waals surface area contributed by atoms with Crippen molar-refractivity contribution < 1.29 is 4.92 Å². The number of nitrogens with zero attached hydrogens (tertiary/aromatic N) is 3. The fourth-order valence-corrected chi connectivity index (χ4v) is 3.00. The molecule has 1 aromatic heterocycles. The molecule has 0 spiro atoms. The Morgan fingerprint density at radius 1 is 0.926 bits per heavy atom. The lowest BCUT2D eigenvalue weighted by atomic mass is 10.0. The third kappa shape index (κ3) is 3.32. The van der Waals surface area contributed by atoms with Crippen LogP contribution in [0.1, 0.15) is 5.56 Å². The monoisotopic (exact) mass is 357 g/mol. The molecular weight excluding hydrogens is 342 g/mol. The summed E-state index contributed by atoms with van der Waals surface area (Å²) in [5, 5.41) is 11.2. The molecule has 0 amide bonds. The van der Waals surface area contributed by atoms with Gasteiger partial charge in [-0.1, -0.05) is 54.6 Å². The van der Waals surface area contributed by atoms with Crippen LogP contribution >= 0.6 is 0 Å². The summed E-state index contributed by atoms with van der Waals surface area (Å²) < 4.78 is 1.46. The van der Waals surface area contributed by atoms with Crippen molar-refractivity contribution in [2.24, 2.45) is 0 Å². The highest BCUT2D eigenvalue weighted by atomic mass is 16.6. The number of rotatable bonds is 4. The maximum Gasteiger partial charge on any atom is 0.270 e. The highest BCUT2D eigenvalue weighted by Crippen LogP contribution is 2.20. The van der Waals surface area contributed by atoms with Crippen molar-refractivity contribution in [1.82, 2.24) is 9.55 Å². The largest absolute Gasteiger partial charge is 0.294 e. The molecular formula is C21H15N3O3. The number of nitro groups is 1. The van der Waals surface area contributed by atoms with Gasteiger partial charge in [0.2, 0.25) is 0 Å². The van der Waals surface area contributed by atoms with Crippen molar-refractivity contribution >= 4 is 16.6 Å². The van der Waals surface area contributed by atoms with E-state index in [2.05, 4.69) is 4.98 Å². The Kier molecular flexibility index (Phi) is 4.22. The van der Waals surface area contributed by atoms with E-state index >= 15 is 0 Å². The first kappa shape index (κ1) is 16.7. The van der Waals surface area contributed by atoms with Crippen molar-refractivity contribution in [3.05, 3.63) is 105 Å². The van der Waals surface area contributed by atoms with Gasteiger partial charge in [0.25, 0.3) is 11.2 Å². The maximum absolute atomic E-state index is 12.7. The summed E-state index contributed by atoms with van der Waals surface area (Å²) in [7, 11) is 0. The predicted octanol–water partition coefficient (Wildman–Crippen LogP) is 4.02. The van der Waals surface area contributed by atoms with Crippen molar-refractivity contribution in [2.75, 3.05) is 0 Å². The Hall–Kier alpha value is -3.80. The fourth-order valence-electron chi connectivity index (χ4n) is 3.00. The second kappa shape index (κ2) is 6.84. The average Bonchev–Trinajstić information content (AvgIpc) is 2.71. The van der Waals surface area contributed by atoms with Gasteiger partial charge in [-0.2, -0.15) is 0 Å². The van der Waals surface area contributed by atoms with Gasteiger partial charge in [-0.15, -0.1) is 0 Å². The van der Waals surface area contributed by atoms with E-state index in [1.807, 2.05) is 54.6 Å². The van der Waals surface area contributed by atoms with Gasteiger partial charge in [0.1, 0.15) is 0 Å². The highest BCUT2D eigenvalue weighted by molar-refractivity contribution is 5.79. The molecule has 0 unspecified atom stereocenters. The number of benzene rings is 3. The third-order valence-corrected chi connectivity index (χ3v) is 4.43. The summed E-state index contributed by atoms with van der Waals surface area (Å²) in [6, 6.07) is 22.1. The first-order chi connectivity index (χ1) is 13.1. The van der Waals surface area contributed by atoms with Gasteiger partial charge in [-0.05, 0) is 22.8 Å². The molecule has 0 saturated heterocycles. The minimum Gasteiger partial charge on any atom is -0.294 e. The van der Waals surface area contributed by atoms with Crippen LogP contribution in [0.4, 0.5) is 5.69 Å². The molecule has 0 saturated carbocycles. The Bertz CT molecular complexity index is 1180. The molecule has 0 N–H and O–H groups in total. The summed E-state index contributed by atoms with van der Waals surface area (Å²) in [5.74, 6) is 0. The van der Waals surface area contributed by atoms with Gasteiger partial charge < -0.3 is 0 Å². The van der Waals surface area contributed by atoms with Crippen LogP contribution in [-0.2, 0) is 6.54 Å². The molecule has 0 radical (unpaired) electrons. The van der Waals surface area contributed by atoms with Crippen molar-refractivity contribution in [3.8, 4) is 11.1 Å². The Labute approximate surface area is 154 Å². The molecule has 3 aromatic carbocycles. The standard InChI is InChI=1S/C21H15N3O3/c25-21-19-12-18(24(26)27)10-11-20(19)22-14-23(21)13-15-6-8-17(9-7-15)16-4-2-1-3-5-16/h1-12,14H,13H2. The first-order valence-electron chi connectivity index (χ1n) is 8.40. The van der Waals surface area contributed by atoms with Crippen LogP contribution in [-0.4, -0.2) is 14.5 Å². The van der Waals surface area contributed by atoms with Gasteiger partial charge in [-0.25, -0.2) is 4.98 Å². The Morgan fingerprint density at radius 2 is 1.63 bits per heavy atom. The fraction of sp³-hybridized carbons (Fsp3) is 0.0476. The number of nitro benzene ring substituents is 1. The summed E-state index contributed by atoms with van der Waals surface area (Å²) in [4.78, 5) is 27.4. The van der Waals surface area contributed by atoms with Gasteiger partial charge in [0.05, 0.1) is 28.7 Å². The SMILES string of the molecule is O=c1c2cc([N+](=O)[O-])ccc2ncn1Cc1ccc(-c2ccccc2)cc1. The first-order valence-corrected chi connectivity index (χ1v) is 8.40. The summed E-state index contributed by atoms with van der Waals surface area (Å²) in [6.45, 7) is 0.347. The minimum atomic E-state index is -0.515. The predicted molar refractivity (Wildman–Crippen MR) is 104 cm³/mol. The summed E-state index contributed by atoms with van der Waals surface area (Å²) >= 11 is 0. The van der Waals surface area contributed by atoms with E-state index in [0.717, 1.165) is 16.7 Å². The lowest BCUT2D eigenvalue weighted by Crippen LogP contribution is -2.21. The van der Waals surface area contributed by atoms with E-state index in [0.29, 0.717) is 12.1 Å². The zero-order valence-electron chi connectivity index (χ0n) is 14.3. The molecule has 27 heavy (non-hydrogen) atoms. The molecule has 6 nitrogen and oxygen atoms in total. The molecule has 4 rings (SSSR count). The average molecular weight is 357 g/mol. The van der Waals surface area contributed by atoms with Gasteiger partial charge >= 0.3 is 0 Å². The molecule has 1 heterocycles. The number of aromatic nitrogens is 2. The zero-order valence-corrected chi connectivity index (χ0v) is 14.3. The van der Waals surface area contributed by atoms with Crippen molar-refractivity contribution in [1.29, 1.82) is 0 Å². The normalized spacial score (nSPS) is 10.8. The van der Waals surface area contributed by atoms with Gasteiger partial charge in [-0.3, -0.25) is 19.5 Å². The molecule has 0 aliphatic heterocycles. The second-order valence-electron chi connectivity index (χ2n) is 6.20. The molecule has 0 bridgehead atoms. The molecule has 0 aliphatic carbocycles. The van der Waals surface area contributed by atoms with Crippen LogP contribution in [0, 0.1) is 10.1 Å². The highest BCUT2D eigenvalue weighted by Gasteiger charge is 2.11. The quantitative estimate of drug-likeness (QED) is 0.408. The van der Waals surface area contributed by atoms with Crippen LogP contribution < -0.4 is 5.56 Å². The lowest BCUT2D eigenvalue weighted by molar-refractivity contribution is -0.384. The molecule has 132 valence electrons. The van der Waals surface area contributed by atoms with E-state index < -0.39 is 4.92 Å². The third-order valence-electron chi connectivity index (χ3n) is 4.43. The van der Waals surface area contributed by atoms with Gasteiger partial charge in [0, 0.05) is 12.1 Å². The molecule has 0 aliphatic rings. The van der Waals surface area contributed by atoms with E-state index in [9.17, 15) is 14.9 Å². The van der Waals surface area contributed by atoms with Crippen molar-refractivity contribution in [2.45, 2.75) is 6.54 Å². The van der Waals surface area contributed by atoms with Crippen molar-refractivity contribution in [3.63, 3.8) is 0 Å². The molecule has 6 heteroatoms. The second-order valence-corrected chi connectivity index (χ2v) is 6.20.